The molecule has 11 heteroatoms. The molecule has 0 heterocycles. The van der Waals surface area contributed by atoms with Gasteiger partial charge in [-0.25, -0.2) is 0 Å². The van der Waals surface area contributed by atoms with Gasteiger partial charge in [-0.3, -0.25) is 0 Å². The standard InChI is InChI=1S/C38H64O6S2Si3/c1-38(2,46-28-16-24-35-21-13-10-14-22-35)37(40)32-42-26-18-30-48(5,6)44-49(7,8)43-47(3,4)29-17-25-41-31-36(39)33-45-27-15-23-34-19-11-9-12-20-34/h9-16,19-24,36-37,39-40H,17-18,25-33H2,1-8H3/b23-15+,24-16+. The van der Waals surface area contributed by atoms with Crippen molar-refractivity contribution < 1.29 is 27.9 Å². The second kappa shape index (κ2) is 22.9. The van der Waals surface area contributed by atoms with Crippen LogP contribution in [0.4, 0.5) is 0 Å². The normalized spacial score (nSPS) is 14.6. The van der Waals surface area contributed by atoms with Gasteiger partial charge >= 0.3 is 8.56 Å². The highest BCUT2D eigenvalue weighted by Gasteiger charge is 2.39. The maximum atomic E-state index is 10.8. The first-order valence-electron chi connectivity index (χ1n) is 17.7. The Morgan fingerprint density at radius 1 is 0.694 bits per heavy atom. The van der Waals surface area contributed by atoms with E-state index in [1.165, 1.54) is 11.1 Å². The van der Waals surface area contributed by atoms with Crippen LogP contribution in [-0.2, 0) is 17.7 Å². The van der Waals surface area contributed by atoms with Crippen LogP contribution in [0.25, 0.3) is 12.2 Å². The summed E-state index contributed by atoms with van der Waals surface area (Å²) in [5.74, 6) is 2.37. The van der Waals surface area contributed by atoms with Crippen molar-refractivity contribution in [2.75, 3.05) is 43.7 Å². The minimum absolute atomic E-state index is 0.296. The van der Waals surface area contributed by atoms with Crippen LogP contribution in [0.1, 0.15) is 37.8 Å². The summed E-state index contributed by atoms with van der Waals surface area (Å²) >= 11 is 3.46. The third-order valence-corrected chi connectivity index (χ3v) is 21.8. The Kier molecular flexibility index (Phi) is 20.6. The van der Waals surface area contributed by atoms with Crippen molar-refractivity contribution in [1.82, 2.24) is 0 Å². The van der Waals surface area contributed by atoms with Crippen LogP contribution in [0.2, 0.25) is 51.4 Å². The molecule has 0 spiro atoms. The fourth-order valence-electron chi connectivity index (χ4n) is 5.44. The minimum Gasteiger partial charge on any atom is -0.437 e. The molecule has 2 unspecified atom stereocenters. The van der Waals surface area contributed by atoms with Crippen LogP contribution in [0.5, 0.6) is 0 Å². The summed E-state index contributed by atoms with van der Waals surface area (Å²) in [7, 11) is -6.19. The Hall–Kier alpha value is -0.969. The number of aliphatic hydroxyl groups excluding tert-OH is 2. The number of aliphatic hydroxyl groups is 2. The van der Waals surface area contributed by atoms with Gasteiger partial charge in [0.2, 0.25) is 0 Å². The van der Waals surface area contributed by atoms with Crippen LogP contribution in [-0.4, -0.2) is 96.0 Å². The largest absolute Gasteiger partial charge is 0.437 e. The molecule has 276 valence electrons. The number of rotatable bonds is 26. The van der Waals surface area contributed by atoms with Crippen molar-refractivity contribution in [3.8, 4) is 0 Å². The molecule has 49 heavy (non-hydrogen) atoms. The predicted molar refractivity (Wildman–Crippen MR) is 222 cm³/mol. The Morgan fingerprint density at radius 2 is 1.16 bits per heavy atom. The third kappa shape index (κ3) is 21.2. The Labute approximate surface area is 310 Å². The topological polar surface area (TPSA) is 77.4 Å². The summed E-state index contributed by atoms with van der Waals surface area (Å²) in [5, 5.41) is 21.1. The Bertz CT molecular complexity index is 1210. The predicted octanol–water partition coefficient (Wildman–Crippen LogP) is 9.34. The fraction of sp³-hybridized carbons (Fsp3) is 0.579. The van der Waals surface area contributed by atoms with Crippen molar-refractivity contribution in [1.29, 1.82) is 0 Å². The number of hydrogen-bond donors (Lipinski definition) is 2. The average molecular weight is 765 g/mol. The first kappa shape index (κ1) is 44.2. The summed E-state index contributed by atoms with van der Waals surface area (Å²) in [6, 6.07) is 22.5. The van der Waals surface area contributed by atoms with Gasteiger partial charge < -0.3 is 27.9 Å². The fourth-order valence-corrected chi connectivity index (χ4v) is 21.1. The Balaban J connectivity index is 1.57. The van der Waals surface area contributed by atoms with Gasteiger partial charge in [-0.1, -0.05) is 85.0 Å². The van der Waals surface area contributed by atoms with Crippen LogP contribution >= 0.6 is 23.5 Å². The van der Waals surface area contributed by atoms with Crippen molar-refractivity contribution >= 4 is 60.9 Å². The second-order valence-corrected chi connectivity index (χ2v) is 29.9. The molecule has 0 aliphatic rings. The summed E-state index contributed by atoms with van der Waals surface area (Å²) in [6.45, 7) is 19.6. The molecule has 0 radical (unpaired) electrons. The van der Waals surface area contributed by atoms with Gasteiger partial charge in [0, 0.05) is 35.2 Å². The Morgan fingerprint density at radius 3 is 1.67 bits per heavy atom. The van der Waals surface area contributed by atoms with Gasteiger partial charge in [0.1, 0.15) is 0 Å². The third-order valence-electron chi connectivity index (χ3n) is 7.86. The molecule has 0 aromatic heterocycles. The summed E-state index contributed by atoms with van der Waals surface area (Å²) < 4.78 is 25.0. The smallest absolute Gasteiger partial charge is 0.311 e. The molecular formula is C38H64O6S2Si3. The lowest BCUT2D eigenvalue weighted by molar-refractivity contribution is 0.0221. The van der Waals surface area contributed by atoms with Crippen molar-refractivity contribution in [2.24, 2.45) is 0 Å². The molecule has 0 saturated heterocycles. The van der Waals surface area contributed by atoms with Crippen LogP contribution in [0, 0.1) is 0 Å². The minimum atomic E-state index is -2.31. The molecule has 0 amide bonds. The number of thioether (sulfide) groups is 2. The summed E-state index contributed by atoms with van der Waals surface area (Å²) in [4.78, 5) is 0. The highest BCUT2D eigenvalue weighted by Crippen LogP contribution is 2.29. The summed E-state index contributed by atoms with van der Waals surface area (Å²) in [5.41, 5.74) is 2.38. The van der Waals surface area contributed by atoms with Gasteiger partial charge in [0.15, 0.2) is 16.6 Å². The lowest BCUT2D eigenvalue weighted by Gasteiger charge is -2.38. The van der Waals surface area contributed by atoms with Gasteiger partial charge in [0.25, 0.3) is 0 Å². The highest BCUT2D eigenvalue weighted by atomic mass is 32.2. The molecule has 0 aliphatic carbocycles. The molecule has 0 bridgehead atoms. The van der Waals surface area contributed by atoms with E-state index in [-0.39, 0.29) is 4.75 Å². The first-order chi connectivity index (χ1) is 23.1. The maximum Gasteiger partial charge on any atom is 0.311 e. The van der Waals surface area contributed by atoms with Crippen LogP contribution in [0.15, 0.2) is 72.8 Å². The second-order valence-electron chi connectivity index (χ2n) is 14.7. The van der Waals surface area contributed by atoms with E-state index in [2.05, 4.69) is 102 Å². The van der Waals surface area contributed by atoms with Gasteiger partial charge in [-0.15, -0.1) is 11.8 Å². The van der Waals surface area contributed by atoms with Crippen LogP contribution < -0.4 is 0 Å². The first-order valence-corrected chi connectivity index (χ1v) is 28.8. The number of hydrogen-bond acceptors (Lipinski definition) is 8. The van der Waals surface area contributed by atoms with E-state index in [0.717, 1.165) is 36.4 Å². The van der Waals surface area contributed by atoms with E-state index in [1.54, 1.807) is 23.5 Å². The molecule has 6 nitrogen and oxygen atoms in total. The average Bonchev–Trinajstić information content (AvgIpc) is 3.02. The molecule has 0 fully saturated rings. The van der Waals surface area contributed by atoms with Crippen LogP contribution in [0.3, 0.4) is 0 Å². The van der Waals surface area contributed by atoms with Crippen molar-refractivity contribution in [2.45, 2.75) is 95.0 Å². The van der Waals surface area contributed by atoms with Gasteiger partial charge in [-0.2, -0.15) is 11.8 Å². The highest BCUT2D eigenvalue weighted by molar-refractivity contribution is 8.00. The SMILES string of the molecule is CC(C)(SC/C=C/c1ccccc1)C(O)COCCC[Si](C)(C)O[Si](C)(C)O[Si](C)(C)CCCOCC(O)CSC/C=C/c1ccccc1. The van der Waals surface area contributed by atoms with Crippen molar-refractivity contribution in [3.63, 3.8) is 0 Å². The molecule has 0 aliphatic heterocycles. The number of benzene rings is 2. The molecule has 2 atom stereocenters. The molecule has 2 rings (SSSR count). The van der Waals surface area contributed by atoms with E-state index < -0.39 is 37.4 Å². The quantitative estimate of drug-likeness (QED) is 0.0726. The van der Waals surface area contributed by atoms with E-state index in [1.807, 2.05) is 36.4 Å². The monoisotopic (exact) mass is 764 g/mol. The van der Waals surface area contributed by atoms with Gasteiger partial charge in [0.05, 0.1) is 25.4 Å². The zero-order chi connectivity index (χ0) is 36.2. The molecule has 0 saturated carbocycles. The van der Waals surface area contributed by atoms with Gasteiger partial charge in [-0.05, 0) is 89.2 Å². The summed E-state index contributed by atoms with van der Waals surface area (Å²) in [6.07, 6.45) is 9.36. The number of ether oxygens (including phenoxy) is 2. The molecule has 2 aromatic rings. The van der Waals surface area contributed by atoms with E-state index in [4.69, 9.17) is 17.7 Å². The van der Waals surface area contributed by atoms with E-state index in [0.29, 0.717) is 32.2 Å². The molecule has 2 aromatic carbocycles. The zero-order valence-electron chi connectivity index (χ0n) is 31.4. The lowest BCUT2D eigenvalue weighted by Crippen LogP contribution is -2.52. The zero-order valence-corrected chi connectivity index (χ0v) is 36.0. The van der Waals surface area contributed by atoms with E-state index in [9.17, 15) is 10.2 Å². The molecular weight excluding hydrogens is 701 g/mol. The van der Waals surface area contributed by atoms with E-state index >= 15 is 0 Å². The maximum absolute atomic E-state index is 10.8. The molecule has 2 N–H and O–H groups in total. The van der Waals surface area contributed by atoms with Crippen molar-refractivity contribution in [3.05, 3.63) is 83.9 Å². The lowest BCUT2D eigenvalue weighted by atomic mass is 10.1.